The van der Waals surface area contributed by atoms with Gasteiger partial charge in [0.05, 0.1) is 26.1 Å². The molecule has 3 heterocycles. The Bertz CT molecular complexity index is 1410. The van der Waals surface area contributed by atoms with E-state index in [0.29, 0.717) is 28.5 Å². The number of fused-ring (bicyclic) bond motifs is 3. The highest BCUT2D eigenvalue weighted by atomic mass is 79.9. The number of alkyl carbamates (subject to hydrolysis) is 1. The molecule has 1 saturated heterocycles. The number of ether oxygens (including phenoxy) is 2. The summed E-state index contributed by atoms with van der Waals surface area (Å²) in [5.74, 6) is -0.704. The minimum absolute atomic E-state index is 0.00744. The predicted octanol–water partition coefficient (Wildman–Crippen LogP) is 5.48. The van der Waals surface area contributed by atoms with E-state index in [1.165, 1.54) is 7.05 Å². The molecule has 2 aromatic heterocycles. The number of hydrogen-bond acceptors (Lipinski definition) is 6. The lowest BCUT2D eigenvalue weighted by atomic mass is 10.1. The van der Waals surface area contributed by atoms with Gasteiger partial charge in [0.25, 0.3) is 0 Å². The number of halogens is 3. The highest BCUT2D eigenvalue weighted by Gasteiger charge is 2.58. The molecule has 3 aromatic rings. The van der Waals surface area contributed by atoms with E-state index in [1.54, 1.807) is 6.20 Å². The monoisotopic (exact) mass is 581 g/mol. The lowest BCUT2D eigenvalue weighted by Gasteiger charge is -2.22. The molecule has 2 atom stereocenters. The molecule has 2 aliphatic rings. The van der Waals surface area contributed by atoms with Crippen molar-refractivity contribution in [2.24, 2.45) is 5.41 Å². The smallest absolute Gasteiger partial charge is 0.412 e. The molecule has 0 bridgehead atoms. The van der Waals surface area contributed by atoms with Crippen LogP contribution in [-0.4, -0.2) is 53.9 Å². The van der Waals surface area contributed by atoms with Crippen LogP contribution in [0.2, 0.25) is 5.02 Å². The summed E-state index contributed by atoms with van der Waals surface area (Å²) in [5.41, 5.74) is 1.03. The van der Waals surface area contributed by atoms with Gasteiger partial charge in [-0.05, 0) is 49.5 Å². The maximum Gasteiger partial charge on any atom is 0.412 e. The topological polar surface area (TPSA) is 109 Å². The van der Waals surface area contributed by atoms with Gasteiger partial charge in [-0.2, -0.15) is 0 Å². The summed E-state index contributed by atoms with van der Waals surface area (Å²) in [6.07, 6.45) is 2.24. The van der Waals surface area contributed by atoms with Crippen LogP contribution in [0.25, 0.3) is 21.9 Å². The number of aromatic nitrogens is 2. The normalized spacial score (nSPS) is 21.3. The number of aromatic amines is 1. The van der Waals surface area contributed by atoms with Gasteiger partial charge in [-0.25, -0.2) is 19.0 Å². The molecule has 2 fully saturated rings. The van der Waals surface area contributed by atoms with Crippen LogP contribution in [-0.2, 0) is 4.74 Å². The van der Waals surface area contributed by atoms with E-state index < -0.39 is 23.6 Å². The number of amides is 2. The second-order valence-electron chi connectivity index (χ2n) is 10.3. The van der Waals surface area contributed by atoms with Gasteiger partial charge in [-0.3, -0.25) is 0 Å². The Morgan fingerprint density at radius 3 is 2.78 bits per heavy atom. The van der Waals surface area contributed by atoms with Gasteiger partial charge in [-0.1, -0.05) is 11.6 Å². The van der Waals surface area contributed by atoms with E-state index in [9.17, 15) is 14.0 Å². The van der Waals surface area contributed by atoms with Crippen molar-refractivity contribution in [3.05, 3.63) is 27.6 Å². The van der Waals surface area contributed by atoms with Crippen LogP contribution < -0.4 is 20.3 Å². The fraction of sp³-hybridized carbons (Fsp3) is 0.458. The Labute approximate surface area is 220 Å². The summed E-state index contributed by atoms with van der Waals surface area (Å²) in [6.45, 7) is 6.91. The van der Waals surface area contributed by atoms with Crippen molar-refractivity contribution < 1.29 is 23.5 Å². The molecule has 192 valence electrons. The largest absolute Gasteiger partial charge is 0.444 e. The van der Waals surface area contributed by atoms with E-state index in [-0.39, 0.29) is 22.2 Å². The average Bonchev–Trinajstić information content (AvgIpc) is 3.11. The summed E-state index contributed by atoms with van der Waals surface area (Å²) in [4.78, 5) is 33.9. The van der Waals surface area contributed by atoms with E-state index in [1.807, 2.05) is 20.8 Å². The number of anilines is 1. The van der Waals surface area contributed by atoms with Gasteiger partial charge in [-0.15, -0.1) is 0 Å². The van der Waals surface area contributed by atoms with Crippen molar-refractivity contribution >= 4 is 67.3 Å². The Morgan fingerprint density at radius 2 is 2.08 bits per heavy atom. The quantitative estimate of drug-likeness (QED) is 0.377. The van der Waals surface area contributed by atoms with Gasteiger partial charge < -0.3 is 30.0 Å². The summed E-state index contributed by atoms with van der Waals surface area (Å²) >= 11 is 10.1. The molecule has 3 N–H and O–H groups in total. The Balaban J connectivity index is 1.51. The van der Waals surface area contributed by atoms with Crippen molar-refractivity contribution in [1.82, 2.24) is 20.6 Å². The number of rotatable bonds is 3. The highest BCUT2D eigenvalue weighted by molar-refractivity contribution is 9.10. The van der Waals surface area contributed by atoms with Crippen LogP contribution in [0.3, 0.4) is 0 Å². The maximum absolute atomic E-state index is 14.8. The van der Waals surface area contributed by atoms with Crippen LogP contribution >= 0.6 is 27.5 Å². The number of nitrogens with one attached hydrogen (secondary N) is 3. The number of H-pyrrole nitrogens is 1. The second kappa shape index (κ2) is 8.65. The molecule has 1 aliphatic carbocycles. The molecule has 1 aromatic carbocycles. The van der Waals surface area contributed by atoms with Crippen molar-refractivity contribution in [3.63, 3.8) is 0 Å². The van der Waals surface area contributed by atoms with Crippen molar-refractivity contribution in [3.8, 4) is 5.75 Å². The Morgan fingerprint density at radius 1 is 1.33 bits per heavy atom. The van der Waals surface area contributed by atoms with Crippen molar-refractivity contribution in [1.29, 1.82) is 0 Å². The van der Waals surface area contributed by atoms with Crippen LogP contribution in [0.4, 0.5) is 19.7 Å². The standard InChI is InChI=1S/C24H26BrClFN5O4/c1-23(2,3)36-22(34)30-14-8-24(14)5-6-32(10-24)19-11(25)9-29-20-16(19)15-17(26)12(27)7-13(18(15)31-20)35-21(33)28-4/h7,9,14H,5-6,8,10H2,1-4H3,(H,28,33)(H,29,31)(H,30,34)/t14-,24-/m0/s1. The first-order valence-corrected chi connectivity index (χ1v) is 12.7. The average molecular weight is 583 g/mol. The van der Waals surface area contributed by atoms with Gasteiger partial charge in [0, 0.05) is 49.2 Å². The number of nitrogens with zero attached hydrogens (tertiary/aromatic N) is 2. The highest BCUT2D eigenvalue weighted by Crippen LogP contribution is 2.55. The fourth-order valence-electron chi connectivity index (χ4n) is 4.97. The zero-order valence-electron chi connectivity index (χ0n) is 20.2. The number of hydrogen-bond donors (Lipinski definition) is 3. The molecule has 12 heteroatoms. The number of carbonyl (C=O) groups is 2. The second-order valence-corrected chi connectivity index (χ2v) is 11.5. The number of carbonyl (C=O) groups excluding carboxylic acids is 2. The van der Waals surface area contributed by atoms with Gasteiger partial charge in [0.1, 0.15) is 17.1 Å². The lowest BCUT2D eigenvalue weighted by molar-refractivity contribution is 0.0516. The summed E-state index contributed by atoms with van der Waals surface area (Å²) in [7, 11) is 1.42. The predicted molar refractivity (Wildman–Crippen MR) is 138 cm³/mol. The minimum atomic E-state index is -0.732. The van der Waals surface area contributed by atoms with Crippen molar-refractivity contribution in [2.45, 2.75) is 45.3 Å². The van der Waals surface area contributed by atoms with Gasteiger partial charge in [0.2, 0.25) is 0 Å². The molecule has 36 heavy (non-hydrogen) atoms. The van der Waals surface area contributed by atoms with Crippen LogP contribution in [0, 0.1) is 11.2 Å². The third-order valence-corrected chi connectivity index (χ3v) is 7.62. The summed E-state index contributed by atoms with van der Waals surface area (Å²) < 4.78 is 26.3. The first-order chi connectivity index (χ1) is 16.9. The summed E-state index contributed by atoms with van der Waals surface area (Å²) in [6, 6.07) is 1.09. The third-order valence-electron chi connectivity index (χ3n) is 6.67. The molecule has 2 amide bonds. The molecule has 1 saturated carbocycles. The molecule has 1 spiro atoms. The maximum atomic E-state index is 14.8. The minimum Gasteiger partial charge on any atom is -0.444 e. The zero-order chi connectivity index (χ0) is 26.0. The van der Waals surface area contributed by atoms with Crippen LogP contribution in [0.15, 0.2) is 16.7 Å². The van der Waals surface area contributed by atoms with Crippen LogP contribution in [0.1, 0.15) is 33.6 Å². The summed E-state index contributed by atoms with van der Waals surface area (Å²) in [5, 5.41) is 6.27. The first-order valence-electron chi connectivity index (χ1n) is 11.5. The molecule has 1 aliphatic heterocycles. The van der Waals surface area contributed by atoms with Crippen LogP contribution in [0.5, 0.6) is 5.75 Å². The fourth-order valence-corrected chi connectivity index (χ4v) is 5.77. The third kappa shape index (κ3) is 4.32. The molecular weight excluding hydrogens is 557 g/mol. The Kier molecular flexibility index (Phi) is 5.98. The van der Waals surface area contributed by atoms with Gasteiger partial charge >= 0.3 is 12.2 Å². The van der Waals surface area contributed by atoms with Gasteiger partial charge in [0.15, 0.2) is 5.75 Å². The lowest BCUT2D eigenvalue weighted by Crippen LogP contribution is -2.36. The molecule has 5 rings (SSSR count). The number of pyridine rings is 1. The molecule has 0 unspecified atom stereocenters. The van der Waals surface area contributed by atoms with E-state index in [2.05, 4.69) is 41.4 Å². The zero-order valence-corrected chi connectivity index (χ0v) is 22.6. The Hall–Kier alpha value is -2.79. The first kappa shape index (κ1) is 24.9. The van der Waals surface area contributed by atoms with Crippen molar-refractivity contribution in [2.75, 3.05) is 25.0 Å². The SMILES string of the molecule is CNC(=O)Oc1cc(F)c(Cl)c2c1[nH]c1ncc(Br)c(N3CC[C@]4(C[C@@H]4NC(=O)OC(C)(C)C)C3)c12. The van der Waals surface area contributed by atoms with E-state index in [0.717, 1.165) is 35.6 Å². The molecule has 0 radical (unpaired) electrons. The number of benzene rings is 1. The molecule has 9 nitrogen and oxygen atoms in total. The van der Waals surface area contributed by atoms with E-state index >= 15 is 0 Å². The molecular formula is C24H26BrClFN5O4. The van der Waals surface area contributed by atoms with E-state index in [4.69, 9.17) is 21.1 Å².